The predicted molar refractivity (Wildman–Crippen MR) is 428 cm³/mol. The lowest BCUT2D eigenvalue weighted by molar-refractivity contribution is -0.256. The summed E-state index contributed by atoms with van der Waals surface area (Å²) in [4.78, 5) is 191. The Bertz CT molecular complexity index is 4350. The Balaban J connectivity index is 0.000000716. The Morgan fingerprint density at radius 3 is 0.763 bits per heavy atom. The van der Waals surface area contributed by atoms with Crippen molar-refractivity contribution in [1.29, 1.82) is 0 Å². The van der Waals surface area contributed by atoms with Crippen molar-refractivity contribution in [2.24, 2.45) is 0 Å². The van der Waals surface area contributed by atoms with Crippen LogP contribution in [-0.4, -0.2) is 161 Å². The number of carbonyl (C=O) groups excluding carboxylic acids is 17. The summed E-state index contributed by atoms with van der Waals surface area (Å²) in [7, 11) is 0. The minimum absolute atomic E-state index is 0.0221. The SMILES string of the molecule is CC(Br)C(=O)Oc1cc(OC(=O)C(C)Br)c(C(=O)[O-])c(OC(=O)C(C)Br)c1.CC(Br)C(=O)Oc1ccc(C(=O)[O-])c(OC(=O)C(C)Br)c1.CC(C)(Br)C(=O)Oc1ccc(C(=O)[O-])c(OC(=O)C(C)(C)Br)c1.O=C(CBr)Oc1cc(OC(=O)CBr)c(C(=O)[O-])c(OC(=O)CBr)c1.O=C(CBr)Oc1ccc(C(=O)[O-])c(OC(=O)CBr)c1. The van der Waals surface area contributed by atoms with Gasteiger partial charge in [-0.1, -0.05) is 191 Å². The molecule has 46 heteroatoms. The lowest BCUT2D eigenvalue weighted by Crippen LogP contribution is -2.31. The maximum Gasteiger partial charge on any atom is 0.327 e. The average Bonchev–Trinajstić information content (AvgIpc) is 0.829. The minimum Gasteiger partial charge on any atom is -0.545 e. The number of hydrogen-bond acceptors (Lipinski definition) is 34. The first-order valence-corrected chi connectivity index (χ1v) is 42.3. The Hall–Kier alpha value is -7.15. The minimum atomic E-state index is -1.75. The lowest BCUT2D eigenvalue weighted by atomic mass is 10.1. The molecule has 5 unspecified atom stereocenters. The van der Waals surface area contributed by atoms with Crippen LogP contribution in [0.5, 0.6) is 69.0 Å². The van der Waals surface area contributed by atoms with Crippen molar-refractivity contribution in [3.63, 3.8) is 0 Å². The third-order valence-electron chi connectivity index (χ3n) is 11.8. The summed E-state index contributed by atoms with van der Waals surface area (Å²) < 4.78 is 57.6. The molecular formula is C68H55Br12O34-5. The van der Waals surface area contributed by atoms with Gasteiger partial charge in [-0.05, 0) is 98.7 Å². The van der Waals surface area contributed by atoms with E-state index in [9.17, 15) is 107 Å². The van der Waals surface area contributed by atoms with Crippen LogP contribution in [0.2, 0.25) is 0 Å². The van der Waals surface area contributed by atoms with Crippen LogP contribution >= 0.6 is 191 Å². The fourth-order valence-corrected chi connectivity index (χ4v) is 7.81. The Morgan fingerprint density at radius 1 is 0.281 bits per heavy atom. The highest BCUT2D eigenvalue weighted by atomic mass is 79.9. The number of carbonyl (C=O) groups is 17. The fourth-order valence-electron chi connectivity index (χ4n) is 6.61. The summed E-state index contributed by atoms with van der Waals surface area (Å²) in [6.07, 6.45) is 0. The number of carboxylic acids is 5. The van der Waals surface area contributed by atoms with E-state index in [0.717, 1.165) is 60.7 Å². The van der Waals surface area contributed by atoms with Crippen molar-refractivity contribution in [2.45, 2.75) is 95.1 Å². The van der Waals surface area contributed by atoms with Crippen molar-refractivity contribution in [2.75, 3.05) is 26.7 Å². The molecule has 114 heavy (non-hydrogen) atoms. The Kier molecular flexibility index (Phi) is 46.4. The van der Waals surface area contributed by atoms with Gasteiger partial charge in [0.25, 0.3) is 0 Å². The van der Waals surface area contributed by atoms with Crippen LogP contribution in [0.25, 0.3) is 0 Å². The van der Waals surface area contributed by atoms with E-state index in [-0.39, 0.29) is 89.3 Å². The first kappa shape index (κ1) is 105. The van der Waals surface area contributed by atoms with Crippen LogP contribution in [0.4, 0.5) is 0 Å². The Morgan fingerprint density at radius 2 is 0.482 bits per heavy atom. The number of aromatic carboxylic acids is 5. The molecule has 5 atom stereocenters. The molecule has 0 heterocycles. The molecule has 0 saturated heterocycles. The van der Waals surface area contributed by atoms with Gasteiger partial charge in [-0.15, -0.1) is 0 Å². The van der Waals surface area contributed by atoms with Gasteiger partial charge < -0.3 is 106 Å². The molecule has 0 aromatic heterocycles. The van der Waals surface area contributed by atoms with E-state index in [2.05, 4.69) is 191 Å². The molecule has 620 valence electrons. The number of halogens is 12. The first-order valence-electron chi connectivity index (χ1n) is 30.6. The molecule has 0 bridgehead atoms. The van der Waals surface area contributed by atoms with E-state index in [1.807, 2.05) is 0 Å². The molecule has 0 aliphatic carbocycles. The van der Waals surface area contributed by atoms with Gasteiger partial charge in [0.15, 0.2) is 0 Å². The molecule has 5 aromatic rings. The second kappa shape index (κ2) is 50.5. The van der Waals surface area contributed by atoms with Gasteiger partial charge >= 0.3 is 71.6 Å². The average molecular weight is 2380 g/mol. The van der Waals surface area contributed by atoms with E-state index < -0.39 is 168 Å². The van der Waals surface area contributed by atoms with E-state index in [0.29, 0.717) is 0 Å². The molecule has 0 saturated carbocycles. The monoisotopic (exact) mass is 2360 g/mol. The van der Waals surface area contributed by atoms with Crippen LogP contribution in [0.3, 0.4) is 0 Å². The highest BCUT2D eigenvalue weighted by Gasteiger charge is 2.31. The van der Waals surface area contributed by atoms with Gasteiger partial charge in [0, 0.05) is 59.2 Å². The van der Waals surface area contributed by atoms with Crippen molar-refractivity contribution in [3.05, 3.63) is 107 Å². The van der Waals surface area contributed by atoms with Crippen LogP contribution in [0.1, 0.15) is 114 Å². The highest BCUT2D eigenvalue weighted by molar-refractivity contribution is 9.11. The quantitative estimate of drug-likeness (QED) is 0.0256. The number of benzene rings is 5. The third-order valence-corrected chi connectivity index (χ3v) is 16.6. The Labute approximate surface area is 746 Å². The van der Waals surface area contributed by atoms with Gasteiger partial charge in [-0.3, -0.25) is 57.5 Å². The maximum absolute atomic E-state index is 11.9. The van der Waals surface area contributed by atoms with Crippen molar-refractivity contribution >= 4 is 293 Å². The zero-order chi connectivity index (χ0) is 87.7. The van der Waals surface area contributed by atoms with Gasteiger partial charge in [0.1, 0.15) is 128 Å². The lowest BCUT2D eigenvalue weighted by Gasteiger charge is -2.19. The third kappa shape index (κ3) is 37.4. The number of hydrogen-bond donors (Lipinski definition) is 0. The molecule has 5 aromatic carbocycles. The summed E-state index contributed by atoms with van der Waals surface area (Å²) in [6, 6.07) is 14.7. The summed E-state index contributed by atoms with van der Waals surface area (Å²) in [5.41, 5.74) is -2.30. The smallest absolute Gasteiger partial charge is 0.327 e. The normalized spacial score (nSPS) is 11.8. The molecular weight excluding hydrogens is 2320 g/mol. The number of carboxylic acid groups (broad SMARTS) is 5. The summed E-state index contributed by atoms with van der Waals surface area (Å²) in [5.74, 6) is -19.4. The predicted octanol–water partition coefficient (Wildman–Crippen LogP) is 7.35. The first-order chi connectivity index (χ1) is 52.8. The molecule has 34 nitrogen and oxygen atoms in total. The van der Waals surface area contributed by atoms with Crippen molar-refractivity contribution < 1.29 is 164 Å². The standard InChI is InChI=1S/C16H15Br3O8.C15H16Br2O6.C13H9Br3O8.C13H12Br2O6.C11H8Br2O6/c1-6(17)14(22)25-9-4-10(26-15(23)7(2)18)12(13(20)21)11(5-9)27-16(24)8(3)19;1-14(2,16)12(20)22-8-5-6-9(11(18)19)10(7-8)23-13(21)15(3,4)17;14-3-9(17)22-6-1-7(23-10(18)4-15)12(13(20)21)8(2-6)24-11(19)5-16;1-6(14)12(18)20-8-3-4-9(11(16)17)10(5-8)21-13(19)7(2)15;12-4-9(14)18-6-1-2-7(11(16)17)8(3-6)19-10(15)5-13/h4-8H,1-3H3,(H,20,21);5-7H,1-4H3,(H,18,19);1-2H,3-5H2,(H,20,21);3-7H,1-2H3,(H,16,17);1-3H,4-5H2,(H,16,17)/p-5. The summed E-state index contributed by atoms with van der Waals surface area (Å²) in [5, 5.41) is 55.1. The second-order valence-electron chi connectivity index (χ2n) is 21.9. The van der Waals surface area contributed by atoms with Crippen LogP contribution in [0, 0.1) is 0 Å². The molecule has 0 amide bonds. The van der Waals surface area contributed by atoms with E-state index in [4.69, 9.17) is 56.8 Å². The van der Waals surface area contributed by atoms with Crippen LogP contribution in [0.15, 0.2) is 78.9 Å². The van der Waals surface area contributed by atoms with E-state index in [1.165, 1.54) is 45.9 Å². The van der Waals surface area contributed by atoms with Crippen LogP contribution < -0.4 is 82.4 Å². The summed E-state index contributed by atoms with van der Waals surface area (Å²) in [6.45, 7) is 13.8. The molecule has 0 aliphatic heterocycles. The molecule has 0 radical (unpaired) electrons. The number of alkyl halides is 12. The topological polar surface area (TPSA) is 516 Å². The number of rotatable bonds is 29. The van der Waals surface area contributed by atoms with E-state index in [1.54, 1.807) is 34.6 Å². The van der Waals surface area contributed by atoms with Gasteiger partial charge in [0.2, 0.25) is 0 Å². The van der Waals surface area contributed by atoms with Crippen molar-refractivity contribution in [3.8, 4) is 69.0 Å². The summed E-state index contributed by atoms with van der Waals surface area (Å²) >= 11 is 35.7. The number of ether oxygens (including phenoxy) is 12. The largest absolute Gasteiger partial charge is 0.545 e. The molecule has 0 fully saturated rings. The molecule has 0 N–H and O–H groups in total. The maximum atomic E-state index is 11.9. The second-order valence-corrected chi connectivity index (χ2v) is 35.6. The number of esters is 12. The zero-order valence-electron chi connectivity index (χ0n) is 59.3. The van der Waals surface area contributed by atoms with Gasteiger partial charge in [0.05, 0.1) is 41.0 Å². The molecule has 0 aliphatic rings. The van der Waals surface area contributed by atoms with Crippen molar-refractivity contribution in [1.82, 2.24) is 0 Å². The van der Waals surface area contributed by atoms with Gasteiger partial charge in [-0.2, -0.15) is 0 Å². The fraction of sp³-hybridized carbons (Fsp3) is 0.309. The zero-order valence-corrected chi connectivity index (χ0v) is 78.4. The van der Waals surface area contributed by atoms with Gasteiger partial charge in [-0.25, -0.2) is 0 Å². The molecule has 5 rings (SSSR count). The van der Waals surface area contributed by atoms with Crippen LogP contribution in [-0.2, 0) is 57.5 Å². The highest BCUT2D eigenvalue weighted by Crippen LogP contribution is 2.38. The van der Waals surface area contributed by atoms with E-state index >= 15 is 0 Å². The molecule has 0 spiro atoms.